The van der Waals surface area contributed by atoms with E-state index >= 15 is 0 Å². The third-order valence-electron chi connectivity index (χ3n) is 3.02. The predicted molar refractivity (Wildman–Crippen MR) is 82.8 cm³/mol. The first-order valence-electron chi connectivity index (χ1n) is 7.14. The molecule has 0 saturated heterocycles. The molecule has 6 nitrogen and oxygen atoms in total. The molecule has 0 aliphatic carbocycles. The maximum absolute atomic E-state index is 11.8. The van der Waals surface area contributed by atoms with Crippen LogP contribution in [0, 0.1) is 0 Å². The molecule has 0 amide bonds. The monoisotopic (exact) mass is 313 g/mol. The Morgan fingerprint density at radius 1 is 1.04 bits per heavy atom. The van der Waals surface area contributed by atoms with E-state index in [2.05, 4.69) is 4.98 Å². The average Bonchev–Trinajstić information content (AvgIpc) is 3.02. The summed E-state index contributed by atoms with van der Waals surface area (Å²) in [5.74, 6) is 1.22. The number of esters is 1. The largest absolute Gasteiger partial charge is 0.494 e. The fourth-order valence-electron chi connectivity index (χ4n) is 2.00. The summed E-state index contributed by atoms with van der Waals surface area (Å²) < 4.78 is 21.0. The number of carbonyl (C=O) groups excluding carboxylic acids is 1. The van der Waals surface area contributed by atoms with E-state index < -0.39 is 5.97 Å². The highest BCUT2D eigenvalue weighted by atomic mass is 16.6. The van der Waals surface area contributed by atoms with Gasteiger partial charge in [0.2, 0.25) is 0 Å². The van der Waals surface area contributed by atoms with Crippen molar-refractivity contribution in [1.29, 1.82) is 0 Å². The summed E-state index contributed by atoms with van der Waals surface area (Å²) in [4.78, 5) is 15.8. The number of carbonyl (C=O) groups is 1. The van der Waals surface area contributed by atoms with E-state index in [1.54, 1.807) is 42.5 Å². The zero-order valence-corrected chi connectivity index (χ0v) is 12.5. The Morgan fingerprint density at radius 3 is 2.48 bits per heavy atom. The third kappa shape index (κ3) is 3.79. The van der Waals surface area contributed by atoms with Crippen LogP contribution in [0.25, 0.3) is 11.1 Å². The number of benzene rings is 2. The van der Waals surface area contributed by atoms with Crippen LogP contribution < -0.4 is 14.2 Å². The molecule has 0 fully saturated rings. The van der Waals surface area contributed by atoms with Crippen molar-refractivity contribution in [3.05, 3.63) is 48.9 Å². The Kier molecular flexibility index (Phi) is 4.42. The maximum Gasteiger partial charge on any atom is 0.349 e. The van der Waals surface area contributed by atoms with Gasteiger partial charge in [0.25, 0.3) is 0 Å². The van der Waals surface area contributed by atoms with Crippen molar-refractivity contribution in [3.8, 4) is 17.2 Å². The number of aromatic nitrogens is 1. The van der Waals surface area contributed by atoms with E-state index in [-0.39, 0.29) is 6.61 Å². The first-order valence-corrected chi connectivity index (χ1v) is 7.14. The van der Waals surface area contributed by atoms with Crippen molar-refractivity contribution in [2.75, 3.05) is 13.2 Å². The van der Waals surface area contributed by atoms with Gasteiger partial charge >= 0.3 is 5.97 Å². The Labute approximate surface area is 132 Å². The van der Waals surface area contributed by atoms with Crippen molar-refractivity contribution in [3.63, 3.8) is 0 Å². The summed E-state index contributed by atoms with van der Waals surface area (Å²) in [7, 11) is 0. The van der Waals surface area contributed by atoms with Crippen LogP contribution in [0.1, 0.15) is 6.92 Å². The molecule has 0 atom stereocenters. The number of hydrogen-bond donors (Lipinski definition) is 0. The molecule has 1 aromatic heterocycles. The maximum atomic E-state index is 11.8. The molecule has 0 bridgehead atoms. The third-order valence-corrected chi connectivity index (χ3v) is 3.02. The average molecular weight is 313 g/mol. The van der Waals surface area contributed by atoms with Crippen molar-refractivity contribution >= 4 is 17.1 Å². The predicted octanol–water partition coefficient (Wildman–Crippen LogP) is 3.21. The van der Waals surface area contributed by atoms with Crippen molar-refractivity contribution in [2.45, 2.75) is 6.92 Å². The van der Waals surface area contributed by atoms with E-state index in [0.29, 0.717) is 29.2 Å². The number of nitrogens with zero attached hydrogens (tertiary/aromatic N) is 1. The highest BCUT2D eigenvalue weighted by Crippen LogP contribution is 2.20. The molecule has 6 heteroatoms. The minimum atomic E-state index is -0.498. The van der Waals surface area contributed by atoms with Gasteiger partial charge in [0.1, 0.15) is 22.8 Å². The van der Waals surface area contributed by atoms with E-state index in [0.717, 1.165) is 5.75 Å². The highest BCUT2D eigenvalue weighted by Gasteiger charge is 2.08. The number of hydrogen-bond acceptors (Lipinski definition) is 6. The Morgan fingerprint density at radius 2 is 1.74 bits per heavy atom. The van der Waals surface area contributed by atoms with Gasteiger partial charge in [-0.1, -0.05) is 0 Å². The van der Waals surface area contributed by atoms with E-state index in [4.69, 9.17) is 18.6 Å². The Bertz CT molecular complexity index is 794. The first-order chi connectivity index (χ1) is 11.2. The van der Waals surface area contributed by atoms with Gasteiger partial charge in [-0.25, -0.2) is 9.78 Å². The van der Waals surface area contributed by atoms with Gasteiger partial charge in [-0.2, -0.15) is 0 Å². The summed E-state index contributed by atoms with van der Waals surface area (Å²) >= 11 is 0. The lowest BCUT2D eigenvalue weighted by Gasteiger charge is -2.08. The lowest BCUT2D eigenvalue weighted by atomic mass is 10.3. The van der Waals surface area contributed by atoms with Gasteiger partial charge in [-0.15, -0.1) is 0 Å². The number of oxazole rings is 1. The lowest BCUT2D eigenvalue weighted by molar-refractivity contribution is -0.136. The van der Waals surface area contributed by atoms with Crippen LogP contribution in [0.3, 0.4) is 0 Å². The summed E-state index contributed by atoms with van der Waals surface area (Å²) in [5, 5.41) is 0. The molecular weight excluding hydrogens is 298 g/mol. The Balaban J connectivity index is 1.54. The van der Waals surface area contributed by atoms with E-state index in [1.165, 1.54) is 6.39 Å². The van der Waals surface area contributed by atoms with Crippen molar-refractivity contribution < 1.29 is 23.4 Å². The summed E-state index contributed by atoms with van der Waals surface area (Å²) in [6.45, 7) is 2.32. The van der Waals surface area contributed by atoms with Gasteiger partial charge in [-0.3, -0.25) is 0 Å². The first kappa shape index (κ1) is 14.9. The number of rotatable bonds is 6. The fraction of sp³-hybridized carbons (Fsp3) is 0.176. The van der Waals surface area contributed by atoms with Gasteiger partial charge in [-0.05, 0) is 43.3 Å². The molecule has 0 radical (unpaired) electrons. The highest BCUT2D eigenvalue weighted by molar-refractivity contribution is 5.78. The van der Waals surface area contributed by atoms with Crippen LogP contribution in [0.2, 0.25) is 0 Å². The van der Waals surface area contributed by atoms with Gasteiger partial charge in [0.15, 0.2) is 18.6 Å². The second-order valence-electron chi connectivity index (χ2n) is 4.65. The normalized spacial score (nSPS) is 10.5. The van der Waals surface area contributed by atoms with Crippen LogP contribution in [0.15, 0.2) is 53.3 Å². The minimum Gasteiger partial charge on any atom is -0.494 e. The van der Waals surface area contributed by atoms with Crippen molar-refractivity contribution in [2.24, 2.45) is 0 Å². The molecule has 0 aliphatic rings. The van der Waals surface area contributed by atoms with Crippen molar-refractivity contribution in [1.82, 2.24) is 4.98 Å². The van der Waals surface area contributed by atoms with Crippen LogP contribution in [-0.2, 0) is 4.79 Å². The molecule has 3 aromatic rings. The molecule has 0 aliphatic heterocycles. The molecule has 0 spiro atoms. The van der Waals surface area contributed by atoms with Crippen LogP contribution in [-0.4, -0.2) is 24.2 Å². The van der Waals surface area contributed by atoms with Gasteiger partial charge in [0, 0.05) is 6.07 Å². The molecule has 3 rings (SSSR count). The van der Waals surface area contributed by atoms with Gasteiger partial charge < -0.3 is 18.6 Å². The molecule has 0 unspecified atom stereocenters. The van der Waals surface area contributed by atoms with Crippen LogP contribution >= 0.6 is 0 Å². The second kappa shape index (κ2) is 6.83. The van der Waals surface area contributed by atoms with Crippen LogP contribution in [0.5, 0.6) is 17.2 Å². The topological polar surface area (TPSA) is 70.8 Å². The minimum absolute atomic E-state index is 0.190. The fourth-order valence-corrected chi connectivity index (χ4v) is 2.00. The van der Waals surface area contributed by atoms with E-state index in [9.17, 15) is 4.79 Å². The quantitative estimate of drug-likeness (QED) is 0.514. The molecule has 0 saturated carbocycles. The zero-order valence-electron chi connectivity index (χ0n) is 12.5. The summed E-state index contributed by atoms with van der Waals surface area (Å²) in [6.07, 6.45) is 1.34. The summed E-state index contributed by atoms with van der Waals surface area (Å²) in [5.41, 5.74) is 1.26. The van der Waals surface area contributed by atoms with E-state index in [1.807, 2.05) is 6.92 Å². The van der Waals surface area contributed by atoms with Crippen LogP contribution in [0.4, 0.5) is 0 Å². The molecule has 118 valence electrons. The molecule has 1 heterocycles. The molecule has 23 heavy (non-hydrogen) atoms. The summed E-state index contributed by atoms with van der Waals surface area (Å²) in [6, 6.07) is 12.0. The number of ether oxygens (including phenoxy) is 3. The van der Waals surface area contributed by atoms with Gasteiger partial charge in [0.05, 0.1) is 6.61 Å². The molecular formula is C17H15NO5. The zero-order chi connectivity index (χ0) is 16.1. The SMILES string of the molecule is CCOc1ccc(OCC(=O)Oc2ccc3ocnc3c2)cc1. The second-order valence-corrected chi connectivity index (χ2v) is 4.65. The molecule has 2 aromatic carbocycles. The number of fused-ring (bicyclic) bond motifs is 1. The smallest absolute Gasteiger partial charge is 0.349 e. The molecule has 0 N–H and O–H groups in total. The standard InChI is InChI=1S/C17H15NO5/c1-2-20-12-3-5-13(6-4-12)21-10-17(19)23-14-7-8-16-15(9-14)18-11-22-16/h3-9,11H,2,10H2,1H3. The Hall–Kier alpha value is -3.02. The lowest BCUT2D eigenvalue weighted by Crippen LogP contribution is -2.17.